The summed E-state index contributed by atoms with van der Waals surface area (Å²) in [5, 5.41) is 0.400. The first-order chi connectivity index (χ1) is 12.7. The molecule has 1 amide bonds. The Balaban J connectivity index is 1.93. The number of amides is 1. The second-order valence-electron chi connectivity index (χ2n) is 7.11. The van der Waals surface area contributed by atoms with E-state index < -0.39 is 10.0 Å². The third-order valence-corrected chi connectivity index (χ3v) is 6.46. The van der Waals surface area contributed by atoms with Gasteiger partial charge in [-0.2, -0.15) is 0 Å². The van der Waals surface area contributed by atoms with Gasteiger partial charge in [-0.3, -0.25) is 9.52 Å². The summed E-state index contributed by atoms with van der Waals surface area (Å²) in [6.07, 6.45) is 1.77. The van der Waals surface area contributed by atoms with Crippen LogP contribution in [-0.4, -0.2) is 20.9 Å². The van der Waals surface area contributed by atoms with Crippen LogP contribution in [0.4, 0.5) is 11.4 Å². The van der Waals surface area contributed by atoms with E-state index >= 15 is 0 Å². The number of anilines is 2. The molecule has 0 spiro atoms. The van der Waals surface area contributed by atoms with Crippen molar-refractivity contribution in [1.82, 2.24) is 0 Å². The summed E-state index contributed by atoms with van der Waals surface area (Å²) in [6, 6.07) is 9.99. The molecule has 0 aliphatic carbocycles. The highest BCUT2D eigenvalue weighted by atomic mass is 35.5. The number of benzene rings is 2. The lowest BCUT2D eigenvalue weighted by atomic mass is 9.99. The fraction of sp³-hybridized carbons (Fsp3) is 0.350. The Labute approximate surface area is 165 Å². The van der Waals surface area contributed by atoms with E-state index in [4.69, 9.17) is 11.6 Å². The SMILES string of the molecule is Cc1ccc(S(=O)(=O)Nc2ccc3c(c2)N(C(=O)C(C)C)CCC3)cc1Cl. The van der Waals surface area contributed by atoms with Gasteiger partial charge in [0.15, 0.2) is 0 Å². The van der Waals surface area contributed by atoms with E-state index in [1.165, 1.54) is 12.1 Å². The smallest absolute Gasteiger partial charge is 0.261 e. The number of nitrogens with one attached hydrogen (secondary N) is 1. The zero-order valence-corrected chi connectivity index (χ0v) is 17.2. The van der Waals surface area contributed by atoms with Crippen LogP contribution in [0.15, 0.2) is 41.3 Å². The predicted molar refractivity (Wildman–Crippen MR) is 109 cm³/mol. The Morgan fingerprint density at radius 3 is 2.59 bits per heavy atom. The van der Waals surface area contributed by atoms with Gasteiger partial charge < -0.3 is 4.90 Å². The molecule has 0 saturated carbocycles. The largest absolute Gasteiger partial charge is 0.312 e. The minimum Gasteiger partial charge on any atom is -0.312 e. The number of halogens is 1. The first kappa shape index (κ1) is 19.7. The monoisotopic (exact) mass is 406 g/mol. The van der Waals surface area contributed by atoms with Crippen molar-refractivity contribution in [3.8, 4) is 0 Å². The summed E-state index contributed by atoms with van der Waals surface area (Å²) >= 11 is 6.06. The normalized spacial score (nSPS) is 14.2. The summed E-state index contributed by atoms with van der Waals surface area (Å²) in [6.45, 7) is 6.19. The molecule has 5 nitrogen and oxygen atoms in total. The van der Waals surface area contributed by atoms with E-state index in [-0.39, 0.29) is 16.7 Å². The maximum atomic E-state index is 12.7. The van der Waals surface area contributed by atoms with Crippen molar-refractivity contribution in [2.24, 2.45) is 5.92 Å². The van der Waals surface area contributed by atoms with Gasteiger partial charge in [0.2, 0.25) is 5.91 Å². The van der Waals surface area contributed by atoms with Crippen LogP contribution in [0.3, 0.4) is 0 Å². The van der Waals surface area contributed by atoms with Crippen LogP contribution >= 0.6 is 11.6 Å². The van der Waals surface area contributed by atoms with Crippen LogP contribution < -0.4 is 9.62 Å². The van der Waals surface area contributed by atoms with Crippen LogP contribution in [0.5, 0.6) is 0 Å². The van der Waals surface area contributed by atoms with Gasteiger partial charge in [-0.15, -0.1) is 0 Å². The van der Waals surface area contributed by atoms with Gasteiger partial charge in [0.25, 0.3) is 10.0 Å². The Kier molecular flexibility index (Phi) is 5.49. The molecular weight excluding hydrogens is 384 g/mol. The minimum atomic E-state index is -3.77. The van der Waals surface area contributed by atoms with Crippen molar-refractivity contribution in [3.63, 3.8) is 0 Å². The van der Waals surface area contributed by atoms with Gasteiger partial charge in [-0.25, -0.2) is 8.42 Å². The molecule has 0 unspecified atom stereocenters. The van der Waals surface area contributed by atoms with E-state index in [1.807, 2.05) is 26.8 Å². The van der Waals surface area contributed by atoms with Crippen LogP contribution in [0, 0.1) is 12.8 Å². The molecule has 2 aromatic carbocycles. The molecule has 1 heterocycles. The lowest BCUT2D eigenvalue weighted by molar-refractivity contribution is -0.121. The molecule has 0 radical (unpaired) electrons. The van der Waals surface area contributed by atoms with Crippen LogP contribution in [0.25, 0.3) is 0 Å². The van der Waals surface area contributed by atoms with E-state index in [1.54, 1.807) is 23.1 Å². The molecule has 1 N–H and O–H groups in total. The van der Waals surface area contributed by atoms with E-state index in [2.05, 4.69) is 4.72 Å². The summed E-state index contributed by atoms with van der Waals surface area (Å²) in [5.41, 5.74) is 3.07. The molecular formula is C20H23ClN2O3S. The first-order valence-electron chi connectivity index (χ1n) is 8.92. The van der Waals surface area contributed by atoms with Crippen molar-refractivity contribution in [1.29, 1.82) is 0 Å². The first-order valence-corrected chi connectivity index (χ1v) is 10.8. The van der Waals surface area contributed by atoms with Crippen molar-refractivity contribution in [2.45, 2.75) is 38.5 Å². The van der Waals surface area contributed by atoms with E-state index in [0.717, 1.165) is 29.7 Å². The van der Waals surface area contributed by atoms with Crippen molar-refractivity contribution in [3.05, 3.63) is 52.5 Å². The van der Waals surface area contributed by atoms with Gasteiger partial charge in [0, 0.05) is 23.2 Å². The fourth-order valence-corrected chi connectivity index (χ4v) is 4.45. The number of nitrogens with zero attached hydrogens (tertiary/aromatic N) is 1. The molecule has 0 bridgehead atoms. The summed E-state index contributed by atoms with van der Waals surface area (Å²) in [7, 11) is -3.77. The zero-order chi connectivity index (χ0) is 19.8. The zero-order valence-electron chi connectivity index (χ0n) is 15.6. The van der Waals surface area contributed by atoms with Gasteiger partial charge in [-0.1, -0.05) is 37.6 Å². The molecule has 7 heteroatoms. The molecule has 0 saturated heterocycles. The Hall–Kier alpha value is -2.05. The predicted octanol–water partition coefficient (Wildman–Crippen LogP) is 4.38. The highest BCUT2D eigenvalue weighted by Gasteiger charge is 2.25. The minimum absolute atomic E-state index is 0.0428. The highest BCUT2D eigenvalue weighted by molar-refractivity contribution is 7.92. The highest BCUT2D eigenvalue weighted by Crippen LogP contribution is 2.32. The Morgan fingerprint density at radius 2 is 1.93 bits per heavy atom. The van der Waals surface area contributed by atoms with Gasteiger partial charge in [-0.05, 0) is 55.2 Å². The molecule has 27 heavy (non-hydrogen) atoms. The van der Waals surface area contributed by atoms with Crippen molar-refractivity contribution >= 4 is 38.9 Å². The van der Waals surface area contributed by atoms with Crippen LogP contribution in [0.1, 0.15) is 31.4 Å². The summed E-state index contributed by atoms with van der Waals surface area (Å²) < 4.78 is 28.0. The topological polar surface area (TPSA) is 66.5 Å². The van der Waals surface area contributed by atoms with Gasteiger partial charge in [0.1, 0.15) is 0 Å². The number of carbonyl (C=O) groups excluding carboxylic acids is 1. The summed E-state index contributed by atoms with van der Waals surface area (Å²) in [4.78, 5) is 14.4. The summed E-state index contributed by atoms with van der Waals surface area (Å²) in [5.74, 6) is -0.0766. The molecule has 0 fully saturated rings. The number of fused-ring (bicyclic) bond motifs is 1. The number of rotatable bonds is 4. The van der Waals surface area contributed by atoms with Crippen LogP contribution in [0.2, 0.25) is 5.02 Å². The second kappa shape index (κ2) is 7.52. The molecule has 3 rings (SSSR count). The molecule has 0 atom stereocenters. The Bertz CT molecular complexity index is 987. The molecule has 1 aliphatic heterocycles. The Morgan fingerprint density at radius 1 is 1.19 bits per heavy atom. The quantitative estimate of drug-likeness (QED) is 0.819. The molecule has 0 aromatic heterocycles. The standard InChI is InChI=1S/C20H23ClN2O3S/c1-13(2)20(24)23-10-4-5-15-7-8-16(11-19(15)23)22-27(25,26)17-9-6-14(3)18(21)12-17/h6-9,11-13,22H,4-5,10H2,1-3H3. The number of hydrogen-bond acceptors (Lipinski definition) is 3. The number of sulfonamides is 1. The van der Waals surface area contributed by atoms with Crippen LogP contribution in [-0.2, 0) is 21.2 Å². The lowest BCUT2D eigenvalue weighted by Crippen LogP contribution is -2.38. The van der Waals surface area contributed by atoms with Crippen molar-refractivity contribution < 1.29 is 13.2 Å². The number of aryl methyl sites for hydroxylation is 2. The number of carbonyl (C=O) groups is 1. The van der Waals surface area contributed by atoms with E-state index in [0.29, 0.717) is 17.3 Å². The lowest BCUT2D eigenvalue weighted by Gasteiger charge is -2.31. The van der Waals surface area contributed by atoms with E-state index in [9.17, 15) is 13.2 Å². The fourth-order valence-electron chi connectivity index (χ4n) is 3.13. The second-order valence-corrected chi connectivity index (χ2v) is 9.20. The molecule has 1 aliphatic rings. The van der Waals surface area contributed by atoms with Crippen molar-refractivity contribution in [2.75, 3.05) is 16.2 Å². The average Bonchev–Trinajstić information content (AvgIpc) is 2.62. The average molecular weight is 407 g/mol. The molecule has 144 valence electrons. The van der Waals surface area contributed by atoms with Gasteiger partial charge in [0.05, 0.1) is 10.6 Å². The maximum absolute atomic E-state index is 12.7. The third-order valence-electron chi connectivity index (χ3n) is 4.67. The number of hydrogen-bond donors (Lipinski definition) is 1. The van der Waals surface area contributed by atoms with Gasteiger partial charge >= 0.3 is 0 Å². The maximum Gasteiger partial charge on any atom is 0.261 e. The molecule has 2 aromatic rings. The third kappa shape index (κ3) is 4.12.